The number of amides is 1. The van der Waals surface area contributed by atoms with Crippen LogP contribution in [-0.4, -0.2) is 31.3 Å². The number of H-pyrrole nitrogens is 1. The average molecular weight is 459 g/mol. The molecule has 0 unspecified atom stereocenters. The van der Waals surface area contributed by atoms with Crippen molar-refractivity contribution in [2.24, 2.45) is 5.10 Å². The van der Waals surface area contributed by atoms with E-state index in [4.69, 9.17) is 23.2 Å². The van der Waals surface area contributed by atoms with Crippen LogP contribution in [0, 0.1) is 0 Å². The number of hydrogen-bond acceptors (Lipinski definition) is 5. The summed E-state index contributed by atoms with van der Waals surface area (Å²) in [5.74, 6) is -0.910. The molecule has 0 spiro atoms. The van der Waals surface area contributed by atoms with Gasteiger partial charge < -0.3 is 5.11 Å². The van der Waals surface area contributed by atoms with Gasteiger partial charge in [0.25, 0.3) is 5.56 Å². The van der Waals surface area contributed by atoms with Crippen LogP contribution in [0.4, 0.5) is 0 Å². The molecule has 158 valence electrons. The predicted molar refractivity (Wildman–Crippen MR) is 117 cm³/mol. The van der Waals surface area contributed by atoms with Crippen molar-refractivity contribution in [2.45, 2.75) is 19.4 Å². The molecule has 1 aliphatic rings. The molecule has 4 rings (SSSR count). The van der Waals surface area contributed by atoms with Crippen LogP contribution >= 0.6 is 23.2 Å². The van der Waals surface area contributed by atoms with Crippen molar-refractivity contribution in [3.05, 3.63) is 90.5 Å². The van der Waals surface area contributed by atoms with E-state index >= 15 is 0 Å². The van der Waals surface area contributed by atoms with Crippen LogP contribution < -0.4 is 11.2 Å². The van der Waals surface area contributed by atoms with Gasteiger partial charge in [0.1, 0.15) is 5.56 Å². The molecule has 0 saturated carbocycles. The summed E-state index contributed by atoms with van der Waals surface area (Å²) in [7, 11) is 0. The summed E-state index contributed by atoms with van der Waals surface area (Å²) in [6, 6.07) is 12.6. The molecule has 3 aromatic rings. The molecule has 1 atom stereocenters. The van der Waals surface area contributed by atoms with E-state index < -0.39 is 23.2 Å². The molecule has 31 heavy (non-hydrogen) atoms. The molecule has 0 fully saturated rings. The monoisotopic (exact) mass is 458 g/mol. The lowest BCUT2D eigenvalue weighted by atomic mass is 9.99. The van der Waals surface area contributed by atoms with Gasteiger partial charge in [0.15, 0.2) is 0 Å². The van der Waals surface area contributed by atoms with E-state index in [0.717, 1.165) is 10.1 Å². The first-order valence-corrected chi connectivity index (χ1v) is 9.99. The highest BCUT2D eigenvalue weighted by Crippen LogP contribution is 2.34. The number of aromatic amines is 1. The Morgan fingerprint density at radius 2 is 1.65 bits per heavy atom. The Hall–Kier alpha value is -3.36. The van der Waals surface area contributed by atoms with Crippen LogP contribution in [0.1, 0.15) is 30.5 Å². The zero-order valence-corrected chi connectivity index (χ0v) is 17.7. The minimum Gasteiger partial charge on any atom is -0.493 e. The Labute approximate surface area is 186 Å². The summed E-state index contributed by atoms with van der Waals surface area (Å²) in [6.07, 6.45) is 0.163. The fraction of sp³-hybridized carbons (Fsp3) is 0.143. The second kappa shape index (κ2) is 8.05. The number of nitrogens with one attached hydrogen (secondary N) is 1. The number of aromatic nitrogens is 2. The minimum atomic E-state index is -0.815. The summed E-state index contributed by atoms with van der Waals surface area (Å²) >= 11 is 11.9. The van der Waals surface area contributed by atoms with Crippen molar-refractivity contribution in [1.29, 1.82) is 0 Å². The SMILES string of the molecule is CC(=O)N1N=C(c2c(O)n(-c3ccc(Cl)cc3)c(=O)[nH]c2=O)C[C@H]1c1ccc(Cl)cc1. The second-order valence-electron chi connectivity index (χ2n) is 6.95. The zero-order valence-electron chi connectivity index (χ0n) is 16.2. The van der Waals surface area contributed by atoms with Gasteiger partial charge in [-0.3, -0.25) is 14.6 Å². The first-order chi connectivity index (χ1) is 14.8. The summed E-state index contributed by atoms with van der Waals surface area (Å²) in [6.45, 7) is 1.36. The molecule has 0 radical (unpaired) electrons. The zero-order chi connectivity index (χ0) is 22.3. The van der Waals surface area contributed by atoms with Gasteiger partial charge in [0.05, 0.1) is 17.4 Å². The third-order valence-corrected chi connectivity index (χ3v) is 5.45. The van der Waals surface area contributed by atoms with Crippen LogP contribution in [0.25, 0.3) is 5.69 Å². The van der Waals surface area contributed by atoms with Gasteiger partial charge in [-0.05, 0) is 42.0 Å². The Balaban J connectivity index is 1.83. The van der Waals surface area contributed by atoms with E-state index in [0.29, 0.717) is 15.7 Å². The van der Waals surface area contributed by atoms with Crippen molar-refractivity contribution in [1.82, 2.24) is 14.6 Å². The van der Waals surface area contributed by atoms with Gasteiger partial charge in [-0.15, -0.1) is 0 Å². The van der Waals surface area contributed by atoms with Gasteiger partial charge in [-0.2, -0.15) is 5.10 Å². The lowest BCUT2D eigenvalue weighted by molar-refractivity contribution is -0.130. The van der Waals surface area contributed by atoms with Crippen LogP contribution in [-0.2, 0) is 4.79 Å². The number of carbonyl (C=O) groups excluding carboxylic acids is 1. The summed E-state index contributed by atoms with van der Waals surface area (Å²) in [5.41, 5.74) is -0.550. The number of rotatable bonds is 3. The first kappa shape index (κ1) is 20.9. The lowest BCUT2D eigenvalue weighted by Gasteiger charge is -2.20. The van der Waals surface area contributed by atoms with E-state index in [9.17, 15) is 19.5 Å². The third kappa shape index (κ3) is 3.87. The highest BCUT2D eigenvalue weighted by molar-refractivity contribution is 6.30. The van der Waals surface area contributed by atoms with Gasteiger partial charge >= 0.3 is 5.69 Å². The fourth-order valence-corrected chi connectivity index (χ4v) is 3.76. The maximum atomic E-state index is 12.6. The van der Waals surface area contributed by atoms with E-state index in [1.54, 1.807) is 36.4 Å². The van der Waals surface area contributed by atoms with Crippen molar-refractivity contribution in [3.8, 4) is 11.6 Å². The topological polar surface area (TPSA) is 108 Å². The predicted octanol–water partition coefficient (Wildman–Crippen LogP) is 3.24. The lowest BCUT2D eigenvalue weighted by Crippen LogP contribution is -2.33. The fourth-order valence-electron chi connectivity index (χ4n) is 3.51. The minimum absolute atomic E-state index is 0.163. The smallest absolute Gasteiger partial charge is 0.335 e. The molecule has 1 aromatic heterocycles. The van der Waals surface area contributed by atoms with Crippen LogP contribution in [0.3, 0.4) is 0 Å². The maximum absolute atomic E-state index is 12.6. The van der Waals surface area contributed by atoms with Crippen molar-refractivity contribution < 1.29 is 9.90 Å². The molecule has 10 heteroatoms. The van der Waals surface area contributed by atoms with Gasteiger partial charge in [-0.1, -0.05) is 35.3 Å². The maximum Gasteiger partial charge on any atom is 0.335 e. The Morgan fingerprint density at radius 1 is 1.06 bits per heavy atom. The highest BCUT2D eigenvalue weighted by Gasteiger charge is 2.34. The number of benzene rings is 2. The van der Waals surface area contributed by atoms with Crippen LogP contribution in [0.2, 0.25) is 10.0 Å². The standard InChI is InChI=1S/C21H16Cl2N4O4/c1-11(28)27-17(12-2-4-13(22)5-3-12)10-16(25-27)18-19(29)24-21(31)26(20(18)30)15-8-6-14(23)7-9-15/h2-9,17,30H,10H2,1H3,(H,24,29,31)/t17-/m0/s1. The van der Waals surface area contributed by atoms with Crippen molar-refractivity contribution in [2.75, 3.05) is 0 Å². The van der Waals surface area contributed by atoms with Crippen LogP contribution in [0.5, 0.6) is 5.88 Å². The molecule has 2 heterocycles. The summed E-state index contributed by atoms with van der Waals surface area (Å²) in [4.78, 5) is 39.4. The quantitative estimate of drug-likeness (QED) is 0.627. The molecule has 0 saturated heterocycles. The summed E-state index contributed by atoms with van der Waals surface area (Å²) in [5, 5.41) is 17.4. The van der Waals surface area contributed by atoms with Gasteiger partial charge in [0.2, 0.25) is 11.8 Å². The number of nitrogens with zero attached hydrogens (tertiary/aromatic N) is 3. The average Bonchev–Trinajstić information content (AvgIpc) is 3.15. The molecule has 2 N–H and O–H groups in total. The second-order valence-corrected chi connectivity index (χ2v) is 7.82. The molecular weight excluding hydrogens is 443 g/mol. The number of hydrogen-bond donors (Lipinski definition) is 2. The highest BCUT2D eigenvalue weighted by atomic mass is 35.5. The molecule has 0 bridgehead atoms. The Kier molecular flexibility index (Phi) is 5.43. The molecule has 1 amide bonds. The Bertz CT molecular complexity index is 1310. The van der Waals surface area contributed by atoms with Gasteiger partial charge in [-0.25, -0.2) is 14.4 Å². The molecule has 2 aromatic carbocycles. The molecule has 0 aliphatic carbocycles. The first-order valence-electron chi connectivity index (χ1n) is 9.23. The van der Waals surface area contributed by atoms with E-state index in [-0.39, 0.29) is 23.6 Å². The van der Waals surface area contributed by atoms with E-state index in [1.165, 1.54) is 24.1 Å². The van der Waals surface area contributed by atoms with Crippen molar-refractivity contribution in [3.63, 3.8) is 0 Å². The molecule has 8 nitrogen and oxygen atoms in total. The number of halogens is 2. The molecular formula is C21H16Cl2N4O4. The number of aromatic hydroxyl groups is 1. The summed E-state index contributed by atoms with van der Waals surface area (Å²) < 4.78 is 0.948. The molecule has 1 aliphatic heterocycles. The Morgan fingerprint density at radius 3 is 2.23 bits per heavy atom. The van der Waals surface area contributed by atoms with E-state index in [1.807, 2.05) is 0 Å². The third-order valence-electron chi connectivity index (χ3n) is 4.95. The van der Waals surface area contributed by atoms with Crippen LogP contribution in [0.15, 0.2) is 63.2 Å². The normalized spacial score (nSPS) is 15.8. The van der Waals surface area contributed by atoms with Crippen molar-refractivity contribution >= 4 is 34.8 Å². The van der Waals surface area contributed by atoms with E-state index in [2.05, 4.69) is 10.1 Å². The van der Waals surface area contributed by atoms with Gasteiger partial charge in [0, 0.05) is 23.4 Å². The number of hydrazone groups is 1. The number of carbonyl (C=O) groups is 1. The largest absolute Gasteiger partial charge is 0.493 e.